The number of pyridine rings is 1. The molecule has 0 aliphatic heterocycles. The summed E-state index contributed by atoms with van der Waals surface area (Å²) in [4.78, 5) is 24.1. The number of methoxy groups -OCH3 is 2. The van der Waals surface area contributed by atoms with Gasteiger partial charge in [0.2, 0.25) is 11.8 Å². The molecule has 0 unspecified atom stereocenters. The van der Waals surface area contributed by atoms with Gasteiger partial charge >= 0.3 is 12.0 Å². The zero-order valence-corrected chi connectivity index (χ0v) is 13.1. The number of hydrogen-bond donors (Lipinski definition) is 0. The van der Waals surface area contributed by atoms with E-state index in [1.807, 2.05) is 6.92 Å². The molecule has 0 radical (unpaired) electrons. The van der Waals surface area contributed by atoms with Gasteiger partial charge in [-0.05, 0) is 18.6 Å². The van der Waals surface area contributed by atoms with E-state index in [0.29, 0.717) is 13.0 Å². The third-order valence-corrected chi connectivity index (χ3v) is 2.68. The molecule has 2 heterocycles. The zero-order valence-electron chi connectivity index (χ0n) is 13.1. The van der Waals surface area contributed by atoms with Crippen LogP contribution in [-0.2, 0) is 4.74 Å². The van der Waals surface area contributed by atoms with Crippen LogP contribution in [-0.4, -0.2) is 41.7 Å². The molecular weight excluding hydrogens is 302 g/mol. The van der Waals surface area contributed by atoms with E-state index in [2.05, 4.69) is 15.0 Å². The smallest absolute Gasteiger partial charge is 0.360 e. The molecule has 122 valence electrons. The van der Waals surface area contributed by atoms with Crippen molar-refractivity contribution >= 4 is 5.97 Å². The molecule has 8 heteroatoms. The van der Waals surface area contributed by atoms with E-state index in [4.69, 9.17) is 18.9 Å². The monoisotopic (exact) mass is 319 g/mol. The van der Waals surface area contributed by atoms with Gasteiger partial charge in [-0.15, -0.1) is 0 Å². The van der Waals surface area contributed by atoms with Crippen molar-refractivity contribution in [3.63, 3.8) is 0 Å². The summed E-state index contributed by atoms with van der Waals surface area (Å²) in [6, 6.07) is 4.68. The molecule has 0 aliphatic rings. The Bertz CT molecular complexity index is 656. The van der Waals surface area contributed by atoms with Gasteiger partial charge in [0.05, 0.1) is 26.9 Å². The van der Waals surface area contributed by atoms with Crippen LogP contribution in [0.15, 0.2) is 24.4 Å². The lowest BCUT2D eigenvalue weighted by atomic mass is 10.3. The number of nitrogens with zero attached hydrogens (tertiary/aromatic N) is 3. The highest BCUT2D eigenvalue weighted by Crippen LogP contribution is 2.25. The largest absolute Gasteiger partial charge is 0.481 e. The SMILES string of the molecule is CCCOC(=O)c1ncccc1Oc1nc(OC)cc(OC)n1. The summed E-state index contributed by atoms with van der Waals surface area (Å²) in [5.41, 5.74) is 0.0475. The summed E-state index contributed by atoms with van der Waals surface area (Å²) in [6.45, 7) is 2.21. The van der Waals surface area contributed by atoms with Gasteiger partial charge in [-0.2, -0.15) is 9.97 Å². The van der Waals surface area contributed by atoms with Crippen LogP contribution in [0.3, 0.4) is 0 Å². The molecule has 0 amide bonds. The van der Waals surface area contributed by atoms with Crippen molar-refractivity contribution in [1.29, 1.82) is 0 Å². The quantitative estimate of drug-likeness (QED) is 0.717. The summed E-state index contributed by atoms with van der Waals surface area (Å²) in [7, 11) is 2.92. The van der Waals surface area contributed by atoms with E-state index in [0.717, 1.165) is 0 Å². The van der Waals surface area contributed by atoms with Gasteiger partial charge in [0.1, 0.15) is 0 Å². The minimum Gasteiger partial charge on any atom is -0.481 e. The second-order valence-corrected chi connectivity index (χ2v) is 4.32. The summed E-state index contributed by atoms with van der Waals surface area (Å²) in [6.07, 6.45) is 2.19. The third kappa shape index (κ3) is 4.29. The van der Waals surface area contributed by atoms with E-state index < -0.39 is 5.97 Å². The van der Waals surface area contributed by atoms with Crippen molar-refractivity contribution in [1.82, 2.24) is 15.0 Å². The molecule has 0 atom stereocenters. The van der Waals surface area contributed by atoms with E-state index >= 15 is 0 Å². The Labute approximate surface area is 133 Å². The van der Waals surface area contributed by atoms with Crippen molar-refractivity contribution in [2.75, 3.05) is 20.8 Å². The Morgan fingerprint density at radius 2 is 1.87 bits per heavy atom. The zero-order chi connectivity index (χ0) is 16.7. The number of aromatic nitrogens is 3. The average molecular weight is 319 g/mol. The molecule has 0 aliphatic carbocycles. The molecule has 8 nitrogen and oxygen atoms in total. The molecule has 2 aromatic rings. The maximum absolute atomic E-state index is 12.0. The fourth-order valence-electron chi connectivity index (χ4n) is 1.63. The number of rotatable bonds is 7. The van der Waals surface area contributed by atoms with Gasteiger partial charge < -0.3 is 18.9 Å². The predicted molar refractivity (Wildman–Crippen MR) is 80.0 cm³/mol. The average Bonchev–Trinajstić information content (AvgIpc) is 2.59. The fourth-order valence-corrected chi connectivity index (χ4v) is 1.63. The molecule has 0 bridgehead atoms. The minimum absolute atomic E-state index is 0.0289. The summed E-state index contributed by atoms with van der Waals surface area (Å²) < 4.78 is 20.7. The Balaban J connectivity index is 2.28. The number of ether oxygens (including phenoxy) is 4. The first kappa shape index (κ1) is 16.5. The normalized spacial score (nSPS) is 10.0. The first-order chi connectivity index (χ1) is 11.2. The Morgan fingerprint density at radius 3 is 2.48 bits per heavy atom. The topological polar surface area (TPSA) is 92.7 Å². The Morgan fingerprint density at radius 1 is 1.17 bits per heavy atom. The van der Waals surface area contributed by atoms with Crippen LogP contribution in [0, 0.1) is 0 Å². The number of carbonyl (C=O) groups excluding carboxylic acids is 1. The maximum Gasteiger partial charge on any atom is 0.360 e. The first-order valence-electron chi connectivity index (χ1n) is 6.95. The van der Waals surface area contributed by atoms with E-state index in [-0.39, 0.29) is 29.2 Å². The fraction of sp³-hybridized carbons (Fsp3) is 0.333. The molecule has 0 saturated carbocycles. The van der Waals surface area contributed by atoms with Gasteiger partial charge in [-0.1, -0.05) is 6.92 Å². The molecule has 2 aromatic heterocycles. The highest BCUT2D eigenvalue weighted by atomic mass is 16.5. The summed E-state index contributed by atoms with van der Waals surface area (Å²) >= 11 is 0. The number of hydrogen-bond acceptors (Lipinski definition) is 8. The van der Waals surface area contributed by atoms with Gasteiger partial charge in [0, 0.05) is 6.20 Å². The molecule has 2 rings (SSSR count). The van der Waals surface area contributed by atoms with E-state index in [1.54, 1.807) is 12.1 Å². The second-order valence-electron chi connectivity index (χ2n) is 4.32. The predicted octanol–water partition coefficient (Wildman–Crippen LogP) is 2.25. The molecule has 23 heavy (non-hydrogen) atoms. The Hall–Kier alpha value is -2.90. The Kier molecular flexibility index (Phi) is 5.67. The minimum atomic E-state index is -0.572. The number of esters is 1. The summed E-state index contributed by atoms with van der Waals surface area (Å²) in [5, 5.41) is 0. The van der Waals surface area contributed by atoms with Gasteiger partial charge in [-0.3, -0.25) is 0 Å². The highest BCUT2D eigenvalue weighted by Gasteiger charge is 2.17. The van der Waals surface area contributed by atoms with Gasteiger partial charge in [0.25, 0.3) is 0 Å². The van der Waals surface area contributed by atoms with Crippen molar-refractivity contribution in [2.45, 2.75) is 13.3 Å². The highest BCUT2D eigenvalue weighted by molar-refractivity contribution is 5.90. The van der Waals surface area contributed by atoms with Gasteiger partial charge in [-0.25, -0.2) is 9.78 Å². The van der Waals surface area contributed by atoms with E-state index in [1.165, 1.54) is 26.5 Å². The van der Waals surface area contributed by atoms with Crippen LogP contribution in [0.25, 0.3) is 0 Å². The van der Waals surface area contributed by atoms with Crippen molar-refractivity contribution in [3.05, 3.63) is 30.1 Å². The van der Waals surface area contributed by atoms with Crippen LogP contribution < -0.4 is 14.2 Å². The van der Waals surface area contributed by atoms with E-state index in [9.17, 15) is 4.79 Å². The van der Waals surface area contributed by atoms with Crippen LogP contribution in [0.5, 0.6) is 23.5 Å². The first-order valence-corrected chi connectivity index (χ1v) is 6.95. The molecule has 0 saturated heterocycles. The number of carbonyl (C=O) groups is 1. The summed E-state index contributed by atoms with van der Waals surface area (Å²) in [5.74, 6) is 0.151. The maximum atomic E-state index is 12.0. The molecular formula is C15H17N3O5. The van der Waals surface area contributed by atoms with Gasteiger partial charge in [0.15, 0.2) is 11.4 Å². The van der Waals surface area contributed by atoms with Crippen LogP contribution in [0.4, 0.5) is 0 Å². The van der Waals surface area contributed by atoms with Crippen molar-refractivity contribution < 1.29 is 23.7 Å². The standard InChI is InChI=1S/C15H17N3O5/c1-4-8-22-14(19)13-10(6-5-7-16-13)23-15-17-11(20-2)9-12(18-15)21-3/h5-7,9H,4,8H2,1-3H3. The van der Waals surface area contributed by atoms with Crippen molar-refractivity contribution in [2.24, 2.45) is 0 Å². The second kappa shape index (κ2) is 7.92. The lowest BCUT2D eigenvalue weighted by Gasteiger charge is -2.10. The van der Waals surface area contributed by atoms with Crippen molar-refractivity contribution in [3.8, 4) is 23.5 Å². The van der Waals surface area contributed by atoms with Crippen LogP contribution in [0.2, 0.25) is 0 Å². The molecule has 0 fully saturated rings. The third-order valence-electron chi connectivity index (χ3n) is 2.68. The molecule has 0 N–H and O–H groups in total. The lowest BCUT2D eigenvalue weighted by Crippen LogP contribution is -2.10. The van der Waals surface area contributed by atoms with Crippen LogP contribution >= 0.6 is 0 Å². The molecule has 0 aromatic carbocycles. The lowest BCUT2D eigenvalue weighted by molar-refractivity contribution is 0.0495. The molecule has 0 spiro atoms. The van der Waals surface area contributed by atoms with Crippen LogP contribution in [0.1, 0.15) is 23.8 Å².